The summed E-state index contributed by atoms with van der Waals surface area (Å²) >= 11 is 0. The molecule has 54 heavy (non-hydrogen) atoms. The maximum atomic E-state index is 13.0. The van der Waals surface area contributed by atoms with Crippen molar-refractivity contribution in [2.75, 3.05) is 13.1 Å². The van der Waals surface area contributed by atoms with E-state index in [1.54, 1.807) is 24.3 Å². The average Bonchev–Trinajstić information content (AvgIpc) is 3.17. The van der Waals surface area contributed by atoms with Crippen LogP contribution in [0.15, 0.2) is 54.6 Å². The highest BCUT2D eigenvalue weighted by atomic mass is 16.5. The van der Waals surface area contributed by atoms with E-state index in [1.165, 1.54) is 71.1 Å². The fourth-order valence-corrected chi connectivity index (χ4v) is 6.06. The summed E-state index contributed by atoms with van der Waals surface area (Å²) in [5.74, 6) is -2.12. The van der Waals surface area contributed by atoms with Crippen LogP contribution in [0.3, 0.4) is 0 Å². The fourth-order valence-electron chi connectivity index (χ4n) is 6.06. The zero-order chi connectivity index (χ0) is 39.4. The van der Waals surface area contributed by atoms with Crippen LogP contribution in [-0.4, -0.2) is 54.7 Å². The molecule has 2 aromatic carbocycles. The number of carbonyl (C=O) groups is 5. The molecule has 0 spiro atoms. The summed E-state index contributed by atoms with van der Waals surface area (Å²) in [5.41, 5.74) is 12.7. The number of ether oxygens (including phenoxy) is 1. The van der Waals surface area contributed by atoms with Gasteiger partial charge in [0.05, 0.1) is 6.54 Å². The van der Waals surface area contributed by atoms with E-state index >= 15 is 0 Å². The van der Waals surface area contributed by atoms with Gasteiger partial charge in [0.1, 0.15) is 30.5 Å². The van der Waals surface area contributed by atoms with Crippen LogP contribution in [0, 0.1) is 0 Å². The molecule has 0 fully saturated rings. The molecule has 0 bridgehead atoms. The van der Waals surface area contributed by atoms with Gasteiger partial charge in [-0.2, -0.15) is 0 Å². The van der Waals surface area contributed by atoms with Crippen LogP contribution in [-0.2, 0) is 30.6 Å². The van der Waals surface area contributed by atoms with E-state index in [1.807, 2.05) is 30.3 Å². The van der Waals surface area contributed by atoms with E-state index in [9.17, 15) is 24.0 Å². The SMILES string of the molecule is CCCCCCCCCCCCCCCC(=O)NC(CCCCN)C(=O)NCC(=O)NC(C)C(=O)NC(C(N)=O)c1ccc(OCc2ccccc2)cc1. The van der Waals surface area contributed by atoms with Gasteiger partial charge in [-0.1, -0.05) is 126 Å². The van der Waals surface area contributed by atoms with Crippen molar-refractivity contribution in [3.63, 3.8) is 0 Å². The molecule has 0 aliphatic rings. The minimum atomic E-state index is -1.14. The lowest BCUT2D eigenvalue weighted by atomic mass is 10.0. The summed E-state index contributed by atoms with van der Waals surface area (Å²) in [7, 11) is 0. The summed E-state index contributed by atoms with van der Waals surface area (Å²) in [6.45, 7) is 4.14. The highest BCUT2D eigenvalue weighted by Crippen LogP contribution is 2.19. The molecule has 3 atom stereocenters. The highest BCUT2D eigenvalue weighted by Gasteiger charge is 2.25. The molecule has 0 radical (unpaired) electrons. The lowest BCUT2D eigenvalue weighted by Gasteiger charge is -2.21. The second-order valence-corrected chi connectivity index (χ2v) is 14.1. The van der Waals surface area contributed by atoms with Crippen LogP contribution in [0.1, 0.15) is 140 Å². The Labute approximate surface area is 322 Å². The zero-order valence-corrected chi connectivity index (χ0v) is 32.7. The van der Waals surface area contributed by atoms with E-state index < -0.39 is 48.3 Å². The number of primary amides is 1. The Hall–Kier alpha value is -4.45. The Morgan fingerprint density at radius 3 is 1.83 bits per heavy atom. The van der Waals surface area contributed by atoms with Crippen LogP contribution >= 0.6 is 0 Å². The maximum absolute atomic E-state index is 13.0. The number of unbranched alkanes of at least 4 members (excludes halogenated alkanes) is 13. The van der Waals surface area contributed by atoms with Gasteiger partial charge < -0.3 is 37.5 Å². The smallest absolute Gasteiger partial charge is 0.244 e. The minimum absolute atomic E-state index is 0.195. The average molecular weight is 751 g/mol. The first-order chi connectivity index (χ1) is 26.1. The normalized spacial score (nSPS) is 12.6. The predicted octanol–water partition coefficient (Wildman–Crippen LogP) is 5.62. The van der Waals surface area contributed by atoms with Crippen molar-refractivity contribution < 1.29 is 28.7 Å². The monoisotopic (exact) mass is 751 g/mol. The van der Waals surface area contributed by atoms with E-state index in [0.717, 1.165) is 24.8 Å². The zero-order valence-electron chi connectivity index (χ0n) is 32.7. The number of hydrogen-bond acceptors (Lipinski definition) is 7. The van der Waals surface area contributed by atoms with Gasteiger partial charge in [0.2, 0.25) is 29.5 Å². The number of rotatable bonds is 30. The molecule has 0 saturated heterocycles. The molecule has 0 aliphatic heterocycles. The van der Waals surface area contributed by atoms with Crippen LogP contribution in [0.5, 0.6) is 5.75 Å². The first kappa shape index (κ1) is 45.7. The topological polar surface area (TPSA) is 195 Å². The molecular formula is C42H66N6O6. The highest BCUT2D eigenvalue weighted by molar-refractivity contribution is 5.94. The lowest BCUT2D eigenvalue weighted by molar-refractivity contribution is -0.132. The Morgan fingerprint density at radius 1 is 0.667 bits per heavy atom. The van der Waals surface area contributed by atoms with Crippen LogP contribution in [0.4, 0.5) is 0 Å². The third-order valence-electron chi connectivity index (χ3n) is 9.33. The quantitative estimate of drug-likeness (QED) is 0.0557. The molecule has 0 heterocycles. The van der Waals surface area contributed by atoms with E-state index in [4.69, 9.17) is 16.2 Å². The molecular weight excluding hydrogens is 684 g/mol. The molecule has 12 heteroatoms. The molecule has 3 unspecified atom stereocenters. The molecule has 8 N–H and O–H groups in total. The van der Waals surface area contributed by atoms with E-state index in [-0.39, 0.29) is 5.91 Å². The molecule has 5 amide bonds. The van der Waals surface area contributed by atoms with Gasteiger partial charge in [-0.25, -0.2) is 0 Å². The largest absolute Gasteiger partial charge is 0.489 e. The van der Waals surface area contributed by atoms with Crippen molar-refractivity contribution in [3.05, 3.63) is 65.7 Å². The van der Waals surface area contributed by atoms with Gasteiger partial charge in [-0.3, -0.25) is 24.0 Å². The summed E-state index contributed by atoms with van der Waals surface area (Å²) in [6, 6.07) is 13.3. The number of amides is 5. The molecule has 12 nitrogen and oxygen atoms in total. The second kappa shape index (κ2) is 28.1. The van der Waals surface area contributed by atoms with E-state index in [0.29, 0.717) is 50.1 Å². The van der Waals surface area contributed by atoms with Crippen LogP contribution < -0.4 is 37.5 Å². The Kier molecular flexibility index (Phi) is 23.7. The second-order valence-electron chi connectivity index (χ2n) is 14.1. The van der Waals surface area contributed by atoms with Gasteiger partial charge in [-0.05, 0) is 62.4 Å². The minimum Gasteiger partial charge on any atom is -0.489 e. The summed E-state index contributed by atoms with van der Waals surface area (Å²) in [6.07, 6.45) is 17.9. The maximum Gasteiger partial charge on any atom is 0.244 e. The number of nitrogens with one attached hydrogen (secondary N) is 4. The van der Waals surface area contributed by atoms with Crippen LogP contribution in [0.25, 0.3) is 0 Å². The summed E-state index contributed by atoms with van der Waals surface area (Å²) < 4.78 is 5.79. The van der Waals surface area contributed by atoms with Gasteiger partial charge in [-0.15, -0.1) is 0 Å². The molecule has 2 aromatic rings. The summed E-state index contributed by atoms with van der Waals surface area (Å²) in [4.78, 5) is 63.6. The van der Waals surface area contributed by atoms with Gasteiger partial charge in [0, 0.05) is 6.42 Å². The van der Waals surface area contributed by atoms with Crippen molar-refractivity contribution in [1.82, 2.24) is 21.3 Å². The molecule has 2 rings (SSSR count). The Morgan fingerprint density at radius 2 is 1.26 bits per heavy atom. The number of benzene rings is 2. The molecule has 0 saturated carbocycles. The molecule has 0 aromatic heterocycles. The van der Waals surface area contributed by atoms with Gasteiger partial charge >= 0.3 is 0 Å². The number of nitrogens with two attached hydrogens (primary N) is 2. The standard InChI is InChI=1S/C42H66N6O6/c1-3-4-5-6-7-8-9-10-11-12-13-14-18-24-37(49)47-36(23-19-20-29-43)42(53)45-30-38(50)46-32(2)41(52)48-39(40(44)51)34-25-27-35(28-26-34)54-31-33-21-16-15-17-22-33/h15-17,21-22,25-28,32,36,39H,3-14,18-20,23-24,29-31,43H2,1-2H3,(H2,44,51)(H,45,53)(H,46,50)(H,47,49)(H,48,52). The number of hydrogen-bond donors (Lipinski definition) is 6. The van der Waals surface area contributed by atoms with Crippen molar-refractivity contribution in [2.24, 2.45) is 11.5 Å². The van der Waals surface area contributed by atoms with Crippen molar-refractivity contribution >= 4 is 29.5 Å². The lowest BCUT2D eigenvalue weighted by Crippen LogP contribution is -2.52. The summed E-state index contributed by atoms with van der Waals surface area (Å²) in [5, 5.41) is 10.5. The Bertz CT molecular complexity index is 1370. The predicted molar refractivity (Wildman–Crippen MR) is 213 cm³/mol. The van der Waals surface area contributed by atoms with Crippen molar-refractivity contribution in [2.45, 2.75) is 148 Å². The van der Waals surface area contributed by atoms with E-state index in [2.05, 4.69) is 28.2 Å². The third-order valence-corrected chi connectivity index (χ3v) is 9.33. The van der Waals surface area contributed by atoms with Gasteiger partial charge in [0.25, 0.3) is 0 Å². The first-order valence-electron chi connectivity index (χ1n) is 20.1. The number of carbonyl (C=O) groups excluding carboxylic acids is 5. The van der Waals surface area contributed by atoms with Gasteiger partial charge in [0.15, 0.2) is 0 Å². The molecule has 0 aliphatic carbocycles. The first-order valence-corrected chi connectivity index (χ1v) is 20.1. The van der Waals surface area contributed by atoms with Crippen molar-refractivity contribution in [3.8, 4) is 5.75 Å². The fraction of sp³-hybridized carbons (Fsp3) is 0.595. The van der Waals surface area contributed by atoms with Crippen molar-refractivity contribution in [1.29, 1.82) is 0 Å². The Balaban J connectivity index is 1.73. The van der Waals surface area contributed by atoms with Crippen LogP contribution in [0.2, 0.25) is 0 Å². The molecule has 300 valence electrons. The third kappa shape index (κ3) is 20.1.